The molecule has 1 saturated heterocycles. The molecule has 0 bridgehead atoms. The monoisotopic (exact) mass is 472 g/mol. The minimum absolute atomic E-state index is 0.0351. The van der Waals surface area contributed by atoms with Crippen LogP contribution >= 0.6 is 0 Å². The second-order valence-corrected chi connectivity index (χ2v) is 9.79. The summed E-state index contributed by atoms with van der Waals surface area (Å²) in [5.41, 5.74) is 2.44. The normalized spacial score (nSPS) is 19.1. The Bertz CT molecular complexity index is 1280. The Morgan fingerprint density at radius 3 is 2.65 bits per heavy atom. The van der Waals surface area contributed by atoms with Crippen molar-refractivity contribution < 1.29 is 18.3 Å². The number of benzene rings is 1. The minimum atomic E-state index is -2.59. The van der Waals surface area contributed by atoms with E-state index >= 15 is 0 Å². The van der Waals surface area contributed by atoms with E-state index in [-0.39, 0.29) is 30.2 Å². The van der Waals surface area contributed by atoms with Gasteiger partial charge in [0.15, 0.2) is 0 Å². The van der Waals surface area contributed by atoms with Gasteiger partial charge in [-0.25, -0.2) is 8.78 Å². The van der Waals surface area contributed by atoms with Crippen molar-refractivity contribution in [3.8, 4) is 0 Å². The molecule has 1 amide bonds. The number of nitrogens with zero attached hydrogens (tertiary/aromatic N) is 3. The summed E-state index contributed by atoms with van der Waals surface area (Å²) in [4.78, 5) is 30.7. The van der Waals surface area contributed by atoms with Crippen LogP contribution in [0.2, 0.25) is 0 Å². The maximum absolute atomic E-state index is 13.6. The van der Waals surface area contributed by atoms with Crippen molar-refractivity contribution in [1.29, 1.82) is 0 Å². The summed E-state index contributed by atoms with van der Waals surface area (Å²) in [6, 6.07) is 3.67. The van der Waals surface area contributed by atoms with E-state index in [1.807, 2.05) is 30.9 Å². The first-order chi connectivity index (χ1) is 16.3. The van der Waals surface area contributed by atoms with Gasteiger partial charge in [-0.3, -0.25) is 14.3 Å². The summed E-state index contributed by atoms with van der Waals surface area (Å²) in [5, 5.41) is 5.62. The number of aryl methyl sites for hydroxylation is 1. The fourth-order valence-electron chi connectivity index (χ4n) is 5.22. The van der Waals surface area contributed by atoms with Crippen molar-refractivity contribution in [1.82, 2.24) is 19.7 Å². The third-order valence-electron chi connectivity index (χ3n) is 7.25. The quantitative estimate of drug-likeness (QED) is 0.585. The van der Waals surface area contributed by atoms with E-state index < -0.39 is 5.92 Å². The number of hydrogen-bond donors (Lipinski definition) is 1. The maximum atomic E-state index is 13.6. The number of alkyl halides is 2. The molecule has 1 aliphatic heterocycles. The van der Waals surface area contributed by atoms with E-state index in [0.29, 0.717) is 73.6 Å². The number of rotatable bonds is 6. The number of aromatic amines is 1. The van der Waals surface area contributed by atoms with Crippen molar-refractivity contribution in [3.05, 3.63) is 39.8 Å². The molecule has 182 valence electrons. The molecule has 5 rings (SSSR count). The zero-order chi connectivity index (χ0) is 24.0. The van der Waals surface area contributed by atoms with Crippen LogP contribution in [0.4, 0.5) is 8.78 Å². The Kier molecular flexibility index (Phi) is 5.91. The molecule has 1 aliphatic carbocycles. The van der Waals surface area contributed by atoms with Crippen LogP contribution in [0.15, 0.2) is 23.1 Å². The highest BCUT2D eigenvalue weighted by Crippen LogP contribution is 2.37. The van der Waals surface area contributed by atoms with E-state index in [1.165, 1.54) is 6.20 Å². The highest BCUT2D eigenvalue weighted by Gasteiger charge is 2.35. The van der Waals surface area contributed by atoms with E-state index in [4.69, 9.17) is 4.74 Å². The number of amides is 1. The lowest BCUT2D eigenvalue weighted by Gasteiger charge is -2.39. The molecule has 1 N–H and O–H groups in total. The highest BCUT2D eigenvalue weighted by molar-refractivity contribution is 6.07. The van der Waals surface area contributed by atoms with Gasteiger partial charge in [0.1, 0.15) is 0 Å². The van der Waals surface area contributed by atoms with E-state index in [0.717, 1.165) is 10.9 Å². The van der Waals surface area contributed by atoms with Crippen LogP contribution in [0, 0.1) is 18.8 Å². The van der Waals surface area contributed by atoms with Crippen LogP contribution in [0.5, 0.6) is 0 Å². The standard InChI is InChI=1S/C25H30F2N4O3/c1-3-34-14-17-11-30(12-17)24(33)18-9-19-21(8-15(18)2)29-23(32)20-10-28-31(22(19)20)13-16-4-6-25(26,27)7-5-16/h8-10,16-17H,3-7,11-14H2,1-2H3,(H,29,32). The van der Waals surface area contributed by atoms with Crippen LogP contribution in [0.25, 0.3) is 21.8 Å². The Morgan fingerprint density at radius 1 is 1.21 bits per heavy atom. The van der Waals surface area contributed by atoms with Crippen molar-refractivity contribution in [2.45, 2.75) is 52.0 Å². The number of aromatic nitrogens is 3. The van der Waals surface area contributed by atoms with Gasteiger partial charge in [-0.2, -0.15) is 5.10 Å². The Hall–Kier alpha value is -2.81. The molecule has 2 aliphatic rings. The van der Waals surface area contributed by atoms with Crippen LogP contribution in [0.3, 0.4) is 0 Å². The first-order valence-corrected chi connectivity index (χ1v) is 12.0. The zero-order valence-electron chi connectivity index (χ0n) is 19.6. The Labute approximate surface area is 196 Å². The second-order valence-electron chi connectivity index (χ2n) is 9.79. The molecule has 34 heavy (non-hydrogen) atoms. The number of likely N-dealkylation sites (tertiary alicyclic amines) is 1. The predicted octanol–water partition coefficient (Wildman–Crippen LogP) is 4.12. The fraction of sp³-hybridized carbons (Fsp3) is 0.560. The van der Waals surface area contributed by atoms with Crippen LogP contribution < -0.4 is 5.56 Å². The predicted molar refractivity (Wildman–Crippen MR) is 125 cm³/mol. The largest absolute Gasteiger partial charge is 0.381 e. The molecule has 3 aromatic rings. The number of H-pyrrole nitrogens is 1. The fourth-order valence-corrected chi connectivity index (χ4v) is 5.22. The van der Waals surface area contributed by atoms with Crippen molar-refractivity contribution in [3.63, 3.8) is 0 Å². The van der Waals surface area contributed by atoms with Gasteiger partial charge in [0, 0.05) is 56.0 Å². The lowest BCUT2D eigenvalue weighted by Crippen LogP contribution is -2.51. The molecule has 0 atom stereocenters. The van der Waals surface area contributed by atoms with Gasteiger partial charge >= 0.3 is 0 Å². The van der Waals surface area contributed by atoms with Crippen LogP contribution in [-0.4, -0.2) is 57.8 Å². The molecule has 0 spiro atoms. The van der Waals surface area contributed by atoms with Gasteiger partial charge < -0.3 is 14.6 Å². The van der Waals surface area contributed by atoms with Crippen molar-refractivity contribution in [2.24, 2.45) is 11.8 Å². The number of halogens is 2. The molecule has 3 heterocycles. The third kappa shape index (κ3) is 4.21. The number of carbonyl (C=O) groups is 1. The van der Waals surface area contributed by atoms with E-state index in [1.54, 1.807) is 4.68 Å². The average Bonchev–Trinajstić information content (AvgIpc) is 3.18. The van der Waals surface area contributed by atoms with Gasteiger partial charge in [0.05, 0.1) is 29.2 Å². The SMILES string of the molecule is CCOCC1CN(C(=O)c2cc3c(cc2C)[nH]c(=O)c2cnn(CC4CCC(F)(F)CC4)c23)C1. The summed E-state index contributed by atoms with van der Waals surface area (Å²) in [6.07, 6.45) is 2.15. The number of ether oxygens (including phenoxy) is 1. The van der Waals surface area contributed by atoms with Crippen molar-refractivity contribution in [2.75, 3.05) is 26.3 Å². The van der Waals surface area contributed by atoms with E-state index in [9.17, 15) is 18.4 Å². The Balaban J connectivity index is 1.47. The zero-order valence-corrected chi connectivity index (χ0v) is 19.6. The first kappa shape index (κ1) is 23.0. The number of carbonyl (C=O) groups excluding carboxylic acids is 1. The molecule has 9 heteroatoms. The smallest absolute Gasteiger partial charge is 0.259 e. The molecule has 1 aromatic carbocycles. The number of fused-ring (bicyclic) bond motifs is 3. The summed E-state index contributed by atoms with van der Waals surface area (Å²) >= 11 is 0. The molecule has 2 aromatic heterocycles. The van der Waals surface area contributed by atoms with Crippen LogP contribution in [-0.2, 0) is 11.3 Å². The van der Waals surface area contributed by atoms with Gasteiger partial charge in [0.2, 0.25) is 5.92 Å². The molecular formula is C25H30F2N4O3. The molecular weight excluding hydrogens is 442 g/mol. The average molecular weight is 473 g/mol. The molecule has 2 fully saturated rings. The summed E-state index contributed by atoms with van der Waals surface area (Å²) in [5.74, 6) is -2.19. The van der Waals surface area contributed by atoms with Crippen LogP contribution in [0.1, 0.15) is 48.5 Å². The lowest BCUT2D eigenvalue weighted by molar-refractivity contribution is -0.0475. The van der Waals surface area contributed by atoms with Gasteiger partial charge in [-0.1, -0.05) is 0 Å². The first-order valence-electron chi connectivity index (χ1n) is 12.0. The van der Waals surface area contributed by atoms with E-state index in [2.05, 4.69) is 10.1 Å². The Morgan fingerprint density at radius 2 is 1.94 bits per heavy atom. The molecule has 7 nitrogen and oxygen atoms in total. The highest BCUT2D eigenvalue weighted by atomic mass is 19.3. The number of nitrogens with one attached hydrogen (secondary N) is 1. The molecule has 0 radical (unpaired) electrons. The molecule has 0 unspecified atom stereocenters. The van der Waals surface area contributed by atoms with Gasteiger partial charge in [-0.15, -0.1) is 0 Å². The number of hydrogen-bond acceptors (Lipinski definition) is 4. The third-order valence-corrected chi connectivity index (χ3v) is 7.25. The maximum Gasteiger partial charge on any atom is 0.259 e. The second kappa shape index (κ2) is 8.76. The number of pyridine rings is 1. The topological polar surface area (TPSA) is 80.2 Å². The summed E-state index contributed by atoms with van der Waals surface area (Å²) in [6.45, 7) is 6.96. The van der Waals surface area contributed by atoms with Crippen molar-refractivity contribution >= 4 is 27.7 Å². The minimum Gasteiger partial charge on any atom is -0.381 e. The lowest BCUT2D eigenvalue weighted by atomic mass is 9.87. The summed E-state index contributed by atoms with van der Waals surface area (Å²) < 4.78 is 34.4. The summed E-state index contributed by atoms with van der Waals surface area (Å²) in [7, 11) is 0. The molecule has 1 saturated carbocycles. The van der Waals surface area contributed by atoms with Gasteiger partial charge in [-0.05, 0) is 50.3 Å². The van der Waals surface area contributed by atoms with Gasteiger partial charge in [0.25, 0.3) is 11.5 Å².